The van der Waals surface area contributed by atoms with Crippen molar-refractivity contribution < 1.29 is 0 Å². The molecule has 0 radical (unpaired) electrons. The van der Waals surface area contributed by atoms with E-state index in [1.807, 2.05) is 50.2 Å². The summed E-state index contributed by atoms with van der Waals surface area (Å²) in [5.74, 6) is 0.329. The van der Waals surface area contributed by atoms with Crippen LogP contribution in [0.5, 0.6) is 0 Å². The maximum absolute atomic E-state index is 4.43. The summed E-state index contributed by atoms with van der Waals surface area (Å²) in [6.45, 7) is 3.98. The van der Waals surface area contributed by atoms with Crippen LogP contribution >= 0.6 is 0 Å². The van der Waals surface area contributed by atoms with Crippen LogP contribution in [0.4, 0.5) is 5.95 Å². The fourth-order valence-electron chi connectivity index (χ4n) is 2.58. The third-order valence-electron chi connectivity index (χ3n) is 3.73. The van der Waals surface area contributed by atoms with Crippen LogP contribution in [0.1, 0.15) is 17.0 Å². The summed E-state index contributed by atoms with van der Waals surface area (Å²) in [4.78, 5) is 12.1. The van der Waals surface area contributed by atoms with Gasteiger partial charge in [-0.2, -0.15) is 10.1 Å². The Balaban J connectivity index is 1.63. The van der Waals surface area contributed by atoms with E-state index < -0.39 is 0 Å². The highest BCUT2D eigenvalue weighted by molar-refractivity contribution is 6.04. The van der Waals surface area contributed by atoms with Crippen molar-refractivity contribution in [1.82, 2.24) is 25.1 Å². The first kappa shape index (κ1) is 14.3. The number of pyridine rings is 1. The lowest BCUT2D eigenvalue weighted by Gasteiger charge is -1.97. The second-order valence-electron chi connectivity index (χ2n) is 5.53. The fourth-order valence-corrected chi connectivity index (χ4v) is 2.58. The van der Waals surface area contributed by atoms with Gasteiger partial charge < -0.3 is 4.98 Å². The number of rotatable bonds is 3. The number of hydrogen-bond donors (Lipinski definition) is 2. The molecule has 1 aromatic carbocycles. The Morgan fingerprint density at radius 1 is 1.04 bits per heavy atom. The van der Waals surface area contributed by atoms with Gasteiger partial charge in [0.05, 0.1) is 17.4 Å². The van der Waals surface area contributed by atoms with Gasteiger partial charge in [-0.05, 0) is 31.5 Å². The first-order chi connectivity index (χ1) is 11.7. The molecule has 24 heavy (non-hydrogen) atoms. The van der Waals surface area contributed by atoms with E-state index in [1.165, 1.54) is 0 Å². The number of fused-ring (bicyclic) bond motifs is 3. The standard InChI is InChI=1S/C17H15N7/c1-10-5-3-8-13-14(10)20-16-15(13)22-24-17(21-16)23-18-9-12-7-4-6-11(2)19-12/h3-9H,1-2H3,(H2,20,21,23,24)/b18-9-. The molecule has 0 bridgehead atoms. The van der Waals surface area contributed by atoms with E-state index in [9.17, 15) is 0 Å². The maximum atomic E-state index is 4.43. The van der Waals surface area contributed by atoms with Gasteiger partial charge in [-0.25, -0.2) is 5.43 Å². The Kier molecular flexibility index (Phi) is 3.38. The smallest absolute Gasteiger partial charge is 0.265 e. The summed E-state index contributed by atoms with van der Waals surface area (Å²) in [5.41, 5.74) is 8.09. The third kappa shape index (κ3) is 2.56. The monoisotopic (exact) mass is 317 g/mol. The molecule has 0 aliphatic carbocycles. The Bertz CT molecular complexity index is 1070. The van der Waals surface area contributed by atoms with E-state index in [-0.39, 0.29) is 0 Å². The van der Waals surface area contributed by atoms with Crippen molar-refractivity contribution in [3.05, 3.63) is 53.3 Å². The van der Waals surface area contributed by atoms with Crippen LogP contribution in [0.3, 0.4) is 0 Å². The second kappa shape index (κ2) is 5.69. The lowest BCUT2D eigenvalue weighted by molar-refractivity contribution is 1.01. The van der Waals surface area contributed by atoms with Crippen LogP contribution in [-0.2, 0) is 0 Å². The molecule has 0 fully saturated rings. The van der Waals surface area contributed by atoms with E-state index in [4.69, 9.17) is 0 Å². The van der Waals surface area contributed by atoms with Crippen molar-refractivity contribution in [3.63, 3.8) is 0 Å². The highest BCUT2D eigenvalue weighted by Gasteiger charge is 2.09. The second-order valence-corrected chi connectivity index (χ2v) is 5.53. The lowest BCUT2D eigenvalue weighted by atomic mass is 10.1. The van der Waals surface area contributed by atoms with E-state index in [0.29, 0.717) is 11.6 Å². The van der Waals surface area contributed by atoms with Crippen LogP contribution in [0.25, 0.3) is 22.1 Å². The van der Waals surface area contributed by atoms with Crippen LogP contribution in [0, 0.1) is 13.8 Å². The van der Waals surface area contributed by atoms with Crippen LogP contribution in [0.2, 0.25) is 0 Å². The molecule has 0 atom stereocenters. The number of aromatic nitrogens is 5. The van der Waals surface area contributed by atoms with Crippen LogP contribution in [-0.4, -0.2) is 31.4 Å². The Hall–Kier alpha value is -3.35. The van der Waals surface area contributed by atoms with Gasteiger partial charge in [0.25, 0.3) is 5.95 Å². The van der Waals surface area contributed by atoms with Crippen molar-refractivity contribution in [2.75, 3.05) is 5.43 Å². The minimum Gasteiger partial charge on any atom is -0.337 e. The number of nitrogens with zero attached hydrogens (tertiary/aromatic N) is 5. The molecule has 0 amide bonds. The molecule has 2 N–H and O–H groups in total. The zero-order valence-electron chi connectivity index (χ0n) is 13.3. The Morgan fingerprint density at radius 3 is 2.79 bits per heavy atom. The predicted octanol–water partition coefficient (Wildman–Crippen LogP) is 2.96. The number of H-pyrrole nitrogens is 1. The number of hydrogen-bond acceptors (Lipinski definition) is 6. The first-order valence-corrected chi connectivity index (χ1v) is 7.55. The van der Waals surface area contributed by atoms with Gasteiger partial charge in [0.2, 0.25) is 0 Å². The van der Waals surface area contributed by atoms with E-state index >= 15 is 0 Å². The van der Waals surface area contributed by atoms with Gasteiger partial charge in [0.15, 0.2) is 5.65 Å². The van der Waals surface area contributed by atoms with Gasteiger partial charge in [-0.1, -0.05) is 24.3 Å². The molecule has 0 saturated heterocycles. The number of benzene rings is 1. The largest absolute Gasteiger partial charge is 0.337 e. The number of para-hydroxylation sites is 1. The van der Waals surface area contributed by atoms with Gasteiger partial charge >= 0.3 is 0 Å². The van der Waals surface area contributed by atoms with Gasteiger partial charge in [-0.3, -0.25) is 4.98 Å². The molecule has 0 spiro atoms. The van der Waals surface area contributed by atoms with Crippen molar-refractivity contribution in [3.8, 4) is 0 Å². The van der Waals surface area contributed by atoms with Crippen LogP contribution < -0.4 is 5.43 Å². The van der Waals surface area contributed by atoms with Gasteiger partial charge in [-0.15, -0.1) is 10.2 Å². The minimum absolute atomic E-state index is 0.329. The number of aryl methyl sites for hydroxylation is 2. The lowest BCUT2D eigenvalue weighted by Crippen LogP contribution is -1.99. The summed E-state index contributed by atoms with van der Waals surface area (Å²) in [6.07, 6.45) is 1.62. The zero-order valence-corrected chi connectivity index (χ0v) is 13.3. The quantitative estimate of drug-likeness (QED) is 0.448. The molecule has 3 heterocycles. The highest BCUT2D eigenvalue weighted by atomic mass is 15.4. The molecule has 0 saturated carbocycles. The average molecular weight is 317 g/mol. The fraction of sp³-hybridized carbons (Fsp3) is 0.118. The summed E-state index contributed by atoms with van der Waals surface area (Å²) in [5, 5.41) is 13.5. The van der Waals surface area contributed by atoms with Crippen molar-refractivity contribution >= 4 is 34.2 Å². The van der Waals surface area contributed by atoms with Crippen molar-refractivity contribution in [2.45, 2.75) is 13.8 Å². The molecular weight excluding hydrogens is 302 g/mol. The third-order valence-corrected chi connectivity index (χ3v) is 3.73. The highest BCUT2D eigenvalue weighted by Crippen LogP contribution is 2.24. The van der Waals surface area contributed by atoms with E-state index in [2.05, 4.69) is 35.7 Å². The summed E-state index contributed by atoms with van der Waals surface area (Å²) in [6, 6.07) is 11.8. The molecule has 3 aromatic heterocycles. The number of anilines is 1. The topological polar surface area (TPSA) is 91.7 Å². The number of nitrogens with one attached hydrogen (secondary N) is 2. The molecule has 7 heteroatoms. The van der Waals surface area contributed by atoms with Gasteiger partial charge in [0.1, 0.15) is 5.52 Å². The molecule has 0 unspecified atom stereocenters. The number of hydrazone groups is 1. The Labute approximate surface area is 137 Å². The molecule has 0 aliphatic heterocycles. The minimum atomic E-state index is 0.329. The summed E-state index contributed by atoms with van der Waals surface area (Å²) >= 11 is 0. The molecule has 7 nitrogen and oxygen atoms in total. The number of aromatic amines is 1. The molecule has 0 aliphatic rings. The summed E-state index contributed by atoms with van der Waals surface area (Å²) < 4.78 is 0. The average Bonchev–Trinajstić information content (AvgIpc) is 2.94. The van der Waals surface area contributed by atoms with E-state index in [0.717, 1.165) is 33.4 Å². The van der Waals surface area contributed by atoms with E-state index in [1.54, 1.807) is 6.21 Å². The molecule has 4 aromatic rings. The zero-order chi connectivity index (χ0) is 16.5. The summed E-state index contributed by atoms with van der Waals surface area (Å²) in [7, 11) is 0. The van der Waals surface area contributed by atoms with Crippen molar-refractivity contribution in [1.29, 1.82) is 0 Å². The SMILES string of the molecule is Cc1cccc(/C=N\Nc2nnc3c(n2)[nH]c2c(C)cccc23)n1. The van der Waals surface area contributed by atoms with Crippen molar-refractivity contribution in [2.24, 2.45) is 5.10 Å². The normalized spacial score (nSPS) is 11.6. The molecule has 4 rings (SSSR count). The molecular formula is C17H15N7. The molecule has 118 valence electrons. The Morgan fingerprint density at radius 2 is 1.92 bits per heavy atom. The first-order valence-electron chi connectivity index (χ1n) is 7.55. The van der Waals surface area contributed by atoms with Gasteiger partial charge in [0, 0.05) is 11.1 Å². The maximum Gasteiger partial charge on any atom is 0.265 e. The van der Waals surface area contributed by atoms with Crippen LogP contribution in [0.15, 0.2) is 41.5 Å². The predicted molar refractivity (Wildman–Crippen MR) is 94.1 cm³/mol.